The first-order chi connectivity index (χ1) is 19.1. The summed E-state index contributed by atoms with van der Waals surface area (Å²) >= 11 is 0. The topological polar surface area (TPSA) is 117 Å². The summed E-state index contributed by atoms with van der Waals surface area (Å²) in [7, 11) is 0. The molecule has 1 saturated heterocycles. The third kappa shape index (κ3) is 4.48. The van der Waals surface area contributed by atoms with Crippen molar-refractivity contribution in [2.75, 3.05) is 13.1 Å². The smallest absolute Gasteiger partial charge is 0.178 e. The highest BCUT2D eigenvalue weighted by atomic mass is 19.1. The van der Waals surface area contributed by atoms with Crippen molar-refractivity contribution in [3.63, 3.8) is 0 Å². The summed E-state index contributed by atoms with van der Waals surface area (Å²) in [6, 6.07) is 10.8. The van der Waals surface area contributed by atoms with Crippen molar-refractivity contribution in [3.05, 3.63) is 72.6 Å². The number of hydrogen-bond acceptors (Lipinski definition) is 7. The molecular weight excluding hydrogens is 495 g/mol. The Balaban J connectivity index is 1.26. The number of H-pyrrole nitrogens is 2. The minimum Gasteiger partial charge on any atom is -0.489 e. The Kier molecular flexibility index (Phi) is 5.74. The Labute approximate surface area is 222 Å². The van der Waals surface area contributed by atoms with E-state index < -0.39 is 0 Å². The lowest BCUT2D eigenvalue weighted by Crippen LogP contribution is -2.34. The van der Waals surface area contributed by atoms with Gasteiger partial charge in [-0.25, -0.2) is 14.4 Å². The first-order valence-electron chi connectivity index (χ1n) is 12.9. The van der Waals surface area contributed by atoms with Crippen molar-refractivity contribution >= 4 is 22.1 Å². The zero-order valence-corrected chi connectivity index (χ0v) is 21.2. The molecule has 1 fully saturated rings. The van der Waals surface area contributed by atoms with Crippen LogP contribution in [-0.4, -0.2) is 54.3 Å². The molecule has 1 aliphatic rings. The monoisotopic (exact) mass is 520 g/mol. The van der Waals surface area contributed by atoms with Crippen LogP contribution in [0.4, 0.5) is 4.39 Å². The SMILES string of the molecule is Cc1cc(F)cc(-c2ccnc3nc(-c4n[nH]c5cnc(-c6cncc(OC7CCNCC7)c6)cc45)[nH]c23)c1. The van der Waals surface area contributed by atoms with Gasteiger partial charge in [0.1, 0.15) is 23.4 Å². The number of benzene rings is 1. The van der Waals surface area contributed by atoms with Gasteiger partial charge in [0.2, 0.25) is 0 Å². The van der Waals surface area contributed by atoms with E-state index in [2.05, 4.69) is 35.5 Å². The zero-order chi connectivity index (χ0) is 26.3. The lowest BCUT2D eigenvalue weighted by Gasteiger charge is -2.23. The van der Waals surface area contributed by atoms with Crippen molar-refractivity contribution in [2.24, 2.45) is 0 Å². The molecular formula is C29H25FN8O. The van der Waals surface area contributed by atoms with Gasteiger partial charge in [0, 0.05) is 28.9 Å². The quantitative estimate of drug-likeness (QED) is 0.286. The van der Waals surface area contributed by atoms with Crippen LogP contribution in [0.2, 0.25) is 0 Å². The first-order valence-corrected chi connectivity index (χ1v) is 12.9. The van der Waals surface area contributed by atoms with Gasteiger partial charge in [0.15, 0.2) is 11.5 Å². The second kappa shape index (κ2) is 9.55. The molecule has 5 aromatic heterocycles. The molecule has 6 heterocycles. The van der Waals surface area contributed by atoms with Gasteiger partial charge in [-0.1, -0.05) is 6.07 Å². The molecule has 0 amide bonds. The first kappa shape index (κ1) is 23.4. The van der Waals surface area contributed by atoms with E-state index in [0.717, 1.165) is 76.0 Å². The number of rotatable bonds is 5. The van der Waals surface area contributed by atoms with Crippen molar-refractivity contribution in [1.82, 2.24) is 40.4 Å². The lowest BCUT2D eigenvalue weighted by atomic mass is 10.0. The fraction of sp³-hybridized carbons (Fsp3) is 0.207. The molecule has 39 heavy (non-hydrogen) atoms. The molecule has 0 spiro atoms. The number of ether oxygens (including phenoxy) is 1. The normalized spacial score (nSPS) is 14.3. The van der Waals surface area contributed by atoms with E-state index in [1.54, 1.807) is 24.8 Å². The second-order valence-corrected chi connectivity index (χ2v) is 9.82. The third-order valence-electron chi connectivity index (χ3n) is 7.01. The number of pyridine rings is 3. The molecule has 0 unspecified atom stereocenters. The Bertz CT molecular complexity index is 1800. The van der Waals surface area contributed by atoms with E-state index in [0.29, 0.717) is 17.2 Å². The Morgan fingerprint density at radius 2 is 1.87 bits per heavy atom. The highest BCUT2D eigenvalue weighted by Crippen LogP contribution is 2.33. The fourth-order valence-corrected chi connectivity index (χ4v) is 5.14. The summed E-state index contributed by atoms with van der Waals surface area (Å²) in [5.41, 5.74) is 6.68. The van der Waals surface area contributed by atoms with Crippen molar-refractivity contribution in [1.29, 1.82) is 0 Å². The molecule has 10 heteroatoms. The highest BCUT2D eigenvalue weighted by Gasteiger charge is 2.18. The second-order valence-electron chi connectivity index (χ2n) is 9.82. The standard InChI is InChI=1S/C29H25FN8O/c1-16-8-17(10-19(30)9-16)22-4-7-33-28-26(22)35-29(36-28)27-23-12-24(34-15-25(23)37-38-27)18-11-21(14-32-13-18)39-20-2-5-31-6-3-20/h4,7-15,20,31H,2-3,5-6H2,1H3,(H,37,38)(H,33,35,36). The van der Waals surface area contributed by atoms with Gasteiger partial charge in [-0.3, -0.25) is 15.1 Å². The van der Waals surface area contributed by atoms with Crippen LogP contribution >= 0.6 is 0 Å². The van der Waals surface area contributed by atoms with Gasteiger partial charge in [-0.05, 0) is 74.3 Å². The average molecular weight is 521 g/mol. The van der Waals surface area contributed by atoms with Crippen molar-refractivity contribution in [2.45, 2.75) is 25.9 Å². The van der Waals surface area contributed by atoms with Crippen LogP contribution in [0.25, 0.3) is 56.0 Å². The van der Waals surface area contributed by atoms with E-state index in [1.165, 1.54) is 12.1 Å². The summed E-state index contributed by atoms with van der Waals surface area (Å²) in [6.45, 7) is 3.79. The predicted molar refractivity (Wildman–Crippen MR) is 147 cm³/mol. The van der Waals surface area contributed by atoms with E-state index in [4.69, 9.17) is 9.72 Å². The Morgan fingerprint density at radius 3 is 2.74 bits per heavy atom. The molecule has 0 atom stereocenters. The number of halogens is 1. The van der Waals surface area contributed by atoms with Crippen LogP contribution in [0.1, 0.15) is 18.4 Å². The number of aryl methyl sites for hydroxylation is 1. The van der Waals surface area contributed by atoms with E-state index in [-0.39, 0.29) is 11.9 Å². The maximum absolute atomic E-state index is 14.2. The van der Waals surface area contributed by atoms with Crippen LogP contribution in [-0.2, 0) is 0 Å². The van der Waals surface area contributed by atoms with Crippen LogP contribution < -0.4 is 10.1 Å². The lowest BCUT2D eigenvalue weighted by molar-refractivity contribution is 0.162. The molecule has 6 aromatic rings. The van der Waals surface area contributed by atoms with Gasteiger partial charge in [-0.2, -0.15) is 5.10 Å². The molecule has 0 aliphatic carbocycles. The number of hydrogen-bond donors (Lipinski definition) is 3. The maximum atomic E-state index is 14.2. The Morgan fingerprint density at radius 1 is 0.974 bits per heavy atom. The van der Waals surface area contributed by atoms with Gasteiger partial charge in [0.05, 0.1) is 29.1 Å². The molecule has 0 saturated carbocycles. The number of nitrogens with zero attached hydrogens (tertiary/aromatic N) is 5. The predicted octanol–water partition coefficient (Wildman–Crippen LogP) is 5.20. The van der Waals surface area contributed by atoms with Gasteiger partial charge < -0.3 is 15.0 Å². The molecule has 7 rings (SSSR count). The number of piperidine rings is 1. The minimum absolute atomic E-state index is 0.182. The summed E-state index contributed by atoms with van der Waals surface area (Å²) in [5.74, 6) is 1.01. The molecule has 9 nitrogen and oxygen atoms in total. The van der Waals surface area contributed by atoms with Crippen LogP contribution in [0.5, 0.6) is 5.75 Å². The summed E-state index contributed by atoms with van der Waals surface area (Å²) < 4.78 is 20.3. The fourth-order valence-electron chi connectivity index (χ4n) is 5.14. The van der Waals surface area contributed by atoms with Crippen LogP contribution in [0.15, 0.2) is 61.2 Å². The highest BCUT2D eigenvalue weighted by molar-refractivity contribution is 5.96. The number of imidazole rings is 1. The summed E-state index contributed by atoms with van der Waals surface area (Å²) in [6.07, 6.45) is 9.08. The maximum Gasteiger partial charge on any atom is 0.178 e. The number of fused-ring (bicyclic) bond motifs is 2. The summed E-state index contributed by atoms with van der Waals surface area (Å²) in [5, 5.41) is 11.8. The van der Waals surface area contributed by atoms with Crippen LogP contribution in [0, 0.1) is 12.7 Å². The zero-order valence-electron chi connectivity index (χ0n) is 21.2. The summed E-state index contributed by atoms with van der Waals surface area (Å²) in [4.78, 5) is 21.6. The van der Waals surface area contributed by atoms with E-state index in [9.17, 15) is 4.39 Å². The van der Waals surface area contributed by atoms with Crippen molar-refractivity contribution in [3.8, 4) is 39.7 Å². The van der Waals surface area contributed by atoms with Crippen molar-refractivity contribution < 1.29 is 9.13 Å². The largest absolute Gasteiger partial charge is 0.489 e. The van der Waals surface area contributed by atoms with Gasteiger partial charge >= 0.3 is 0 Å². The van der Waals surface area contributed by atoms with Crippen LogP contribution in [0.3, 0.4) is 0 Å². The average Bonchev–Trinajstić information content (AvgIpc) is 3.57. The minimum atomic E-state index is -0.285. The molecule has 0 radical (unpaired) electrons. The van der Waals surface area contributed by atoms with Gasteiger partial charge in [-0.15, -0.1) is 0 Å². The molecule has 0 bridgehead atoms. The molecule has 1 aliphatic heterocycles. The van der Waals surface area contributed by atoms with E-state index in [1.807, 2.05) is 31.2 Å². The van der Waals surface area contributed by atoms with Gasteiger partial charge in [0.25, 0.3) is 0 Å². The molecule has 3 N–H and O–H groups in total. The number of nitrogens with one attached hydrogen (secondary N) is 3. The van der Waals surface area contributed by atoms with E-state index >= 15 is 0 Å². The number of aromatic nitrogens is 7. The molecule has 1 aromatic carbocycles. The third-order valence-corrected chi connectivity index (χ3v) is 7.01. The number of aromatic amines is 2. The molecule has 194 valence electrons. The Hall–Kier alpha value is -4.70.